The summed E-state index contributed by atoms with van der Waals surface area (Å²) in [5.74, 6) is 0.725. The SMILES string of the molecule is CCCN1[C@H](c2ccccc2OC)[C@H]1[N+](=O)[O-]. The van der Waals surface area contributed by atoms with Crippen molar-refractivity contribution < 1.29 is 9.66 Å². The second-order valence-corrected chi connectivity index (χ2v) is 4.12. The van der Waals surface area contributed by atoms with Crippen LogP contribution in [0.3, 0.4) is 0 Å². The van der Waals surface area contributed by atoms with Crippen LogP contribution < -0.4 is 4.74 Å². The first kappa shape index (κ1) is 11.9. The highest BCUT2D eigenvalue weighted by Crippen LogP contribution is 2.46. The van der Waals surface area contributed by atoms with Gasteiger partial charge in [0.2, 0.25) is 0 Å². The van der Waals surface area contributed by atoms with Crippen molar-refractivity contribution in [3.8, 4) is 5.75 Å². The van der Waals surface area contributed by atoms with Crippen LogP contribution in [0.4, 0.5) is 0 Å². The molecule has 1 saturated heterocycles. The lowest BCUT2D eigenvalue weighted by molar-refractivity contribution is -0.507. The van der Waals surface area contributed by atoms with Crippen molar-refractivity contribution in [1.29, 1.82) is 0 Å². The van der Waals surface area contributed by atoms with Crippen molar-refractivity contribution in [2.75, 3.05) is 13.7 Å². The fourth-order valence-corrected chi connectivity index (χ4v) is 2.28. The third-order valence-corrected chi connectivity index (χ3v) is 3.05. The first-order chi connectivity index (χ1) is 8.20. The maximum absolute atomic E-state index is 11.0. The average Bonchev–Trinajstić information content (AvgIpc) is 3.03. The normalized spacial score (nSPS) is 26.6. The number of hydrogen-bond acceptors (Lipinski definition) is 4. The lowest BCUT2D eigenvalue weighted by Gasteiger charge is -2.05. The highest BCUT2D eigenvalue weighted by atomic mass is 16.6. The molecule has 0 N–H and O–H groups in total. The predicted octanol–water partition coefficient (Wildman–Crippen LogP) is 2.06. The molecular formula is C12H16N2O3. The molecular weight excluding hydrogens is 220 g/mol. The van der Waals surface area contributed by atoms with Gasteiger partial charge in [-0.3, -0.25) is 10.1 Å². The van der Waals surface area contributed by atoms with Gasteiger partial charge < -0.3 is 4.74 Å². The van der Waals surface area contributed by atoms with E-state index in [2.05, 4.69) is 0 Å². The van der Waals surface area contributed by atoms with Crippen LogP contribution in [0.15, 0.2) is 24.3 Å². The van der Waals surface area contributed by atoms with Crippen molar-refractivity contribution in [2.24, 2.45) is 0 Å². The molecule has 0 amide bonds. The van der Waals surface area contributed by atoms with Crippen LogP contribution in [0.25, 0.3) is 0 Å². The van der Waals surface area contributed by atoms with Gasteiger partial charge in [0, 0.05) is 17.0 Å². The van der Waals surface area contributed by atoms with Crippen molar-refractivity contribution in [1.82, 2.24) is 4.90 Å². The van der Waals surface area contributed by atoms with E-state index < -0.39 is 6.17 Å². The molecule has 92 valence electrons. The van der Waals surface area contributed by atoms with Crippen molar-refractivity contribution in [3.05, 3.63) is 39.9 Å². The number of ether oxygens (including phenoxy) is 1. The van der Waals surface area contributed by atoms with Gasteiger partial charge in [0.15, 0.2) is 0 Å². The van der Waals surface area contributed by atoms with Gasteiger partial charge in [0.25, 0.3) is 6.17 Å². The molecule has 17 heavy (non-hydrogen) atoms. The first-order valence-electron chi connectivity index (χ1n) is 5.72. The largest absolute Gasteiger partial charge is 0.496 e. The van der Waals surface area contributed by atoms with Gasteiger partial charge in [-0.05, 0) is 12.5 Å². The van der Waals surface area contributed by atoms with Crippen LogP contribution in [-0.4, -0.2) is 29.6 Å². The average molecular weight is 236 g/mol. The third kappa shape index (κ3) is 2.10. The van der Waals surface area contributed by atoms with Gasteiger partial charge in [-0.1, -0.05) is 25.1 Å². The Balaban J connectivity index is 2.25. The van der Waals surface area contributed by atoms with E-state index in [4.69, 9.17) is 4.74 Å². The Morgan fingerprint density at radius 1 is 1.47 bits per heavy atom. The second kappa shape index (κ2) is 4.71. The van der Waals surface area contributed by atoms with Crippen LogP contribution in [0, 0.1) is 10.1 Å². The molecule has 2 rings (SSSR count). The zero-order valence-corrected chi connectivity index (χ0v) is 10.00. The number of nitro groups is 1. The van der Waals surface area contributed by atoms with Crippen LogP contribution in [0.2, 0.25) is 0 Å². The summed E-state index contributed by atoms with van der Waals surface area (Å²) in [5, 5.41) is 11.0. The molecule has 1 unspecified atom stereocenters. The number of methoxy groups -OCH3 is 1. The van der Waals surface area contributed by atoms with Gasteiger partial charge in [-0.25, -0.2) is 4.90 Å². The molecule has 5 heteroatoms. The minimum Gasteiger partial charge on any atom is -0.496 e. The Morgan fingerprint density at radius 2 is 2.18 bits per heavy atom. The van der Waals surface area contributed by atoms with Crippen LogP contribution in [-0.2, 0) is 0 Å². The van der Waals surface area contributed by atoms with E-state index in [1.54, 1.807) is 7.11 Å². The number of nitrogens with zero attached hydrogens (tertiary/aromatic N) is 2. The smallest absolute Gasteiger partial charge is 0.289 e. The predicted molar refractivity (Wildman–Crippen MR) is 63.5 cm³/mol. The zero-order valence-electron chi connectivity index (χ0n) is 10.00. The quantitative estimate of drug-likeness (QED) is 0.446. The van der Waals surface area contributed by atoms with Crippen LogP contribution >= 0.6 is 0 Å². The molecule has 3 atom stereocenters. The monoisotopic (exact) mass is 236 g/mol. The van der Waals surface area contributed by atoms with E-state index in [1.807, 2.05) is 36.1 Å². The standard InChI is InChI=1S/C12H16N2O3/c1-3-8-13-11(12(13)14(15)16)9-6-4-5-7-10(9)17-2/h4-7,11-12H,3,8H2,1-2H3/t11-,12-,13?/m1/s1. The fourth-order valence-electron chi connectivity index (χ4n) is 2.28. The number of hydrogen-bond donors (Lipinski definition) is 0. The Bertz CT molecular complexity index is 422. The molecule has 0 bridgehead atoms. The third-order valence-electron chi connectivity index (χ3n) is 3.05. The summed E-state index contributed by atoms with van der Waals surface area (Å²) in [4.78, 5) is 12.6. The Morgan fingerprint density at radius 3 is 2.76 bits per heavy atom. The molecule has 1 aliphatic heterocycles. The highest BCUT2D eigenvalue weighted by Gasteiger charge is 2.58. The molecule has 1 aliphatic rings. The maximum atomic E-state index is 11.0. The molecule has 5 nitrogen and oxygen atoms in total. The van der Waals surface area contributed by atoms with Gasteiger partial charge >= 0.3 is 0 Å². The highest BCUT2D eigenvalue weighted by molar-refractivity contribution is 5.39. The lowest BCUT2D eigenvalue weighted by Crippen LogP contribution is -2.10. The van der Waals surface area contributed by atoms with Crippen LogP contribution in [0.1, 0.15) is 24.9 Å². The summed E-state index contributed by atoms with van der Waals surface area (Å²) < 4.78 is 5.25. The minimum atomic E-state index is -0.591. The van der Waals surface area contributed by atoms with E-state index in [1.165, 1.54) is 0 Å². The molecule has 1 aromatic rings. The van der Waals surface area contributed by atoms with E-state index in [0.717, 1.165) is 24.3 Å². The molecule has 0 radical (unpaired) electrons. The summed E-state index contributed by atoms with van der Waals surface area (Å²) in [5.41, 5.74) is 0.908. The van der Waals surface area contributed by atoms with Crippen LogP contribution in [0.5, 0.6) is 5.75 Å². The Labute approximate surface area is 100 Å². The number of rotatable bonds is 5. The van der Waals surface area contributed by atoms with Gasteiger partial charge in [-0.15, -0.1) is 0 Å². The summed E-state index contributed by atoms with van der Waals surface area (Å²) in [6, 6.07) is 7.36. The molecule has 1 heterocycles. The van der Waals surface area contributed by atoms with Gasteiger partial charge in [0.05, 0.1) is 7.11 Å². The Kier molecular flexibility index (Phi) is 3.28. The molecule has 0 spiro atoms. The number of benzene rings is 1. The van der Waals surface area contributed by atoms with Crippen molar-refractivity contribution >= 4 is 0 Å². The molecule has 0 aromatic heterocycles. The summed E-state index contributed by atoms with van der Waals surface area (Å²) in [7, 11) is 1.59. The number of para-hydroxylation sites is 1. The van der Waals surface area contributed by atoms with E-state index in [0.29, 0.717) is 0 Å². The topological polar surface area (TPSA) is 55.4 Å². The van der Waals surface area contributed by atoms with E-state index in [9.17, 15) is 10.1 Å². The van der Waals surface area contributed by atoms with Gasteiger partial charge in [-0.2, -0.15) is 0 Å². The van der Waals surface area contributed by atoms with E-state index in [-0.39, 0.29) is 11.0 Å². The first-order valence-corrected chi connectivity index (χ1v) is 5.72. The van der Waals surface area contributed by atoms with Crippen molar-refractivity contribution in [2.45, 2.75) is 25.6 Å². The maximum Gasteiger partial charge on any atom is 0.289 e. The molecule has 1 aromatic carbocycles. The molecule has 0 aliphatic carbocycles. The minimum absolute atomic E-state index is 0.138. The zero-order chi connectivity index (χ0) is 12.4. The summed E-state index contributed by atoms with van der Waals surface area (Å²) in [6.45, 7) is 2.77. The lowest BCUT2D eigenvalue weighted by atomic mass is 10.1. The molecule has 1 fully saturated rings. The summed E-state index contributed by atoms with van der Waals surface area (Å²) in [6.07, 6.45) is 0.321. The fraction of sp³-hybridized carbons (Fsp3) is 0.500. The van der Waals surface area contributed by atoms with E-state index >= 15 is 0 Å². The summed E-state index contributed by atoms with van der Waals surface area (Å²) >= 11 is 0. The molecule has 0 saturated carbocycles. The van der Waals surface area contributed by atoms with Gasteiger partial charge in [0.1, 0.15) is 11.8 Å². The van der Waals surface area contributed by atoms with Crippen molar-refractivity contribution in [3.63, 3.8) is 0 Å². The Hall–Kier alpha value is -1.62. The second-order valence-electron chi connectivity index (χ2n) is 4.12.